The Morgan fingerprint density at radius 3 is 3.21 bits per heavy atom. The fourth-order valence-electron chi connectivity index (χ4n) is 1.97. The summed E-state index contributed by atoms with van der Waals surface area (Å²) >= 11 is 0. The van der Waals surface area contributed by atoms with Crippen molar-refractivity contribution >= 4 is 0 Å². The molecule has 2 N–H and O–H groups in total. The van der Waals surface area contributed by atoms with Crippen molar-refractivity contribution < 1.29 is 4.42 Å². The van der Waals surface area contributed by atoms with Crippen LogP contribution < -0.4 is 5.73 Å². The van der Waals surface area contributed by atoms with Crippen molar-refractivity contribution in [2.45, 2.75) is 25.3 Å². The van der Waals surface area contributed by atoms with Gasteiger partial charge in [0.2, 0.25) is 0 Å². The Kier molecular flexibility index (Phi) is 2.84. The smallest absolute Gasteiger partial charge is 0.198 e. The summed E-state index contributed by atoms with van der Waals surface area (Å²) in [6.07, 6.45) is 4.14. The lowest BCUT2D eigenvalue weighted by molar-refractivity contribution is 0.228. The van der Waals surface area contributed by atoms with Crippen LogP contribution in [-0.2, 0) is 6.54 Å². The Morgan fingerprint density at radius 2 is 2.57 bits per heavy atom. The highest BCUT2D eigenvalue weighted by atomic mass is 16.4. The maximum absolute atomic E-state index is 5.56. The Morgan fingerprint density at radius 1 is 1.71 bits per heavy atom. The van der Waals surface area contributed by atoms with Gasteiger partial charge in [-0.2, -0.15) is 0 Å². The maximum Gasteiger partial charge on any atom is 0.198 e. The number of rotatable bonds is 2. The minimum Gasteiger partial charge on any atom is -0.444 e. The summed E-state index contributed by atoms with van der Waals surface area (Å²) in [7, 11) is 2.14. The molecule has 2 heterocycles. The van der Waals surface area contributed by atoms with E-state index in [-0.39, 0.29) is 0 Å². The number of likely N-dealkylation sites (tertiary alicyclic amines) is 1. The van der Waals surface area contributed by atoms with Crippen molar-refractivity contribution in [1.82, 2.24) is 9.88 Å². The first-order valence-electron chi connectivity index (χ1n) is 5.13. The van der Waals surface area contributed by atoms with Gasteiger partial charge in [0.05, 0.1) is 12.7 Å². The number of nitrogens with two attached hydrogens (primary N) is 1. The van der Waals surface area contributed by atoms with Gasteiger partial charge in [0, 0.05) is 12.5 Å². The largest absolute Gasteiger partial charge is 0.444 e. The van der Waals surface area contributed by atoms with Gasteiger partial charge >= 0.3 is 0 Å². The molecule has 1 fully saturated rings. The SMILES string of the molecule is CN1CCCC(c2ncc(CN)o2)C1. The van der Waals surface area contributed by atoms with Crippen LogP contribution in [0.3, 0.4) is 0 Å². The molecule has 1 saturated heterocycles. The zero-order valence-corrected chi connectivity index (χ0v) is 8.57. The molecule has 0 aromatic carbocycles. The minimum atomic E-state index is 0.440. The highest BCUT2D eigenvalue weighted by Crippen LogP contribution is 2.25. The van der Waals surface area contributed by atoms with E-state index in [0.29, 0.717) is 12.5 Å². The molecule has 1 unspecified atom stereocenters. The Bertz CT molecular complexity index is 297. The summed E-state index contributed by atoms with van der Waals surface area (Å²) in [6, 6.07) is 0. The lowest BCUT2D eigenvalue weighted by Gasteiger charge is -2.27. The highest BCUT2D eigenvalue weighted by molar-refractivity contribution is 5.00. The molecule has 14 heavy (non-hydrogen) atoms. The molecule has 1 aliphatic rings. The normalized spacial score (nSPS) is 24.0. The van der Waals surface area contributed by atoms with Crippen LogP contribution in [0.25, 0.3) is 0 Å². The van der Waals surface area contributed by atoms with Gasteiger partial charge in [-0.1, -0.05) is 0 Å². The topological polar surface area (TPSA) is 55.3 Å². The number of aromatic nitrogens is 1. The zero-order chi connectivity index (χ0) is 9.97. The molecule has 1 aromatic heterocycles. The van der Waals surface area contributed by atoms with E-state index in [1.54, 1.807) is 6.20 Å². The third-order valence-electron chi connectivity index (χ3n) is 2.75. The molecule has 1 atom stereocenters. The van der Waals surface area contributed by atoms with Gasteiger partial charge in [-0.3, -0.25) is 0 Å². The fourth-order valence-corrected chi connectivity index (χ4v) is 1.97. The van der Waals surface area contributed by atoms with Crippen LogP contribution in [0.4, 0.5) is 0 Å². The van der Waals surface area contributed by atoms with Gasteiger partial charge in [-0.05, 0) is 26.4 Å². The summed E-state index contributed by atoms with van der Waals surface area (Å²) in [5.74, 6) is 2.10. The lowest BCUT2D eigenvalue weighted by Crippen LogP contribution is -2.30. The van der Waals surface area contributed by atoms with Gasteiger partial charge in [-0.25, -0.2) is 4.98 Å². The summed E-state index contributed by atoms with van der Waals surface area (Å²) < 4.78 is 5.56. The predicted molar refractivity (Wildman–Crippen MR) is 53.9 cm³/mol. The van der Waals surface area contributed by atoms with Crippen molar-refractivity contribution in [1.29, 1.82) is 0 Å². The Balaban J connectivity index is 2.06. The van der Waals surface area contributed by atoms with Crippen LogP contribution in [0, 0.1) is 0 Å². The molecule has 78 valence electrons. The lowest BCUT2D eigenvalue weighted by atomic mass is 9.99. The first-order valence-corrected chi connectivity index (χ1v) is 5.13. The second-order valence-electron chi connectivity index (χ2n) is 3.97. The fraction of sp³-hybridized carbons (Fsp3) is 0.700. The molecule has 0 aliphatic carbocycles. The van der Waals surface area contributed by atoms with Gasteiger partial charge in [0.25, 0.3) is 0 Å². The van der Waals surface area contributed by atoms with Crippen LogP contribution in [0.15, 0.2) is 10.6 Å². The number of hydrogen-bond acceptors (Lipinski definition) is 4. The molecule has 0 spiro atoms. The Hall–Kier alpha value is -0.870. The molecule has 4 nitrogen and oxygen atoms in total. The van der Waals surface area contributed by atoms with Crippen molar-refractivity contribution in [2.75, 3.05) is 20.1 Å². The summed E-state index contributed by atoms with van der Waals surface area (Å²) in [6.45, 7) is 2.67. The van der Waals surface area contributed by atoms with E-state index >= 15 is 0 Å². The van der Waals surface area contributed by atoms with Gasteiger partial charge in [0.15, 0.2) is 5.89 Å². The molecule has 4 heteroatoms. The number of likely N-dealkylation sites (N-methyl/N-ethyl adjacent to an activating group) is 1. The highest BCUT2D eigenvalue weighted by Gasteiger charge is 2.22. The van der Waals surface area contributed by atoms with E-state index in [9.17, 15) is 0 Å². The van der Waals surface area contributed by atoms with Gasteiger partial charge in [-0.15, -0.1) is 0 Å². The summed E-state index contributed by atoms with van der Waals surface area (Å²) in [5, 5.41) is 0. The predicted octanol–water partition coefficient (Wildman–Crippen LogP) is 0.943. The first-order chi connectivity index (χ1) is 6.79. The molecular formula is C10H17N3O. The number of nitrogens with zero attached hydrogens (tertiary/aromatic N) is 2. The second kappa shape index (κ2) is 4.11. The monoisotopic (exact) mass is 195 g/mol. The zero-order valence-electron chi connectivity index (χ0n) is 8.57. The third kappa shape index (κ3) is 1.96. The maximum atomic E-state index is 5.56. The van der Waals surface area contributed by atoms with Gasteiger partial charge < -0.3 is 15.1 Å². The molecule has 0 bridgehead atoms. The minimum absolute atomic E-state index is 0.440. The van der Waals surface area contributed by atoms with Crippen LogP contribution in [0.5, 0.6) is 0 Å². The van der Waals surface area contributed by atoms with Crippen molar-refractivity contribution in [3.8, 4) is 0 Å². The van der Waals surface area contributed by atoms with E-state index in [2.05, 4.69) is 16.9 Å². The van der Waals surface area contributed by atoms with Crippen molar-refractivity contribution in [3.63, 3.8) is 0 Å². The van der Waals surface area contributed by atoms with Crippen LogP contribution in [-0.4, -0.2) is 30.0 Å². The third-order valence-corrected chi connectivity index (χ3v) is 2.75. The molecule has 0 amide bonds. The molecule has 1 aromatic rings. The molecular weight excluding hydrogens is 178 g/mol. The van der Waals surface area contributed by atoms with Crippen LogP contribution in [0.2, 0.25) is 0 Å². The molecule has 0 saturated carbocycles. The van der Waals surface area contributed by atoms with Crippen LogP contribution >= 0.6 is 0 Å². The summed E-state index contributed by atoms with van der Waals surface area (Å²) in [5.41, 5.74) is 5.48. The molecule has 1 aliphatic heterocycles. The van der Waals surface area contributed by atoms with E-state index in [1.165, 1.54) is 19.4 Å². The quantitative estimate of drug-likeness (QED) is 0.763. The molecule has 0 radical (unpaired) electrons. The van der Waals surface area contributed by atoms with E-state index in [1.807, 2.05) is 0 Å². The second-order valence-corrected chi connectivity index (χ2v) is 3.97. The van der Waals surface area contributed by atoms with Crippen molar-refractivity contribution in [3.05, 3.63) is 17.8 Å². The number of piperidine rings is 1. The van der Waals surface area contributed by atoms with Gasteiger partial charge in [0.1, 0.15) is 5.76 Å². The Labute approximate surface area is 84.1 Å². The van der Waals surface area contributed by atoms with Crippen molar-refractivity contribution in [2.24, 2.45) is 5.73 Å². The average molecular weight is 195 g/mol. The van der Waals surface area contributed by atoms with Crippen LogP contribution in [0.1, 0.15) is 30.4 Å². The van der Waals surface area contributed by atoms with E-state index < -0.39 is 0 Å². The average Bonchev–Trinajstić information content (AvgIpc) is 2.66. The standard InChI is InChI=1S/C10H17N3O/c1-13-4-2-3-8(7-13)10-12-6-9(5-11)14-10/h6,8H,2-5,7,11H2,1H3. The van der Waals surface area contributed by atoms with E-state index in [4.69, 9.17) is 10.2 Å². The number of hydrogen-bond donors (Lipinski definition) is 1. The van der Waals surface area contributed by atoms with E-state index in [0.717, 1.165) is 18.2 Å². The molecule has 2 rings (SSSR count). The first kappa shape index (κ1) is 9.68. The number of oxazole rings is 1. The summed E-state index contributed by atoms with van der Waals surface area (Å²) in [4.78, 5) is 6.59.